The molecule has 0 bridgehead atoms. The Kier molecular flexibility index (Phi) is 3.50. The van der Waals surface area contributed by atoms with Crippen LogP contribution >= 0.6 is 31.9 Å². The molecule has 0 spiro atoms. The van der Waals surface area contributed by atoms with Gasteiger partial charge < -0.3 is 5.11 Å². The third kappa shape index (κ3) is 2.31. The van der Waals surface area contributed by atoms with Gasteiger partial charge in [-0.2, -0.15) is 0 Å². The van der Waals surface area contributed by atoms with E-state index in [1.807, 2.05) is 0 Å². The fraction of sp³-hybridized carbons (Fsp3) is 0.222. The van der Waals surface area contributed by atoms with Crippen LogP contribution in [0.4, 0.5) is 0 Å². The van der Waals surface area contributed by atoms with E-state index in [1.165, 1.54) is 0 Å². The first-order valence-corrected chi connectivity index (χ1v) is 5.36. The molecular formula is C9H8Br2O2. The van der Waals surface area contributed by atoms with Gasteiger partial charge in [0.15, 0.2) is 5.78 Å². The smallest absolute Gasteiger partial charge is 0.162 e. The highest BCUT2D eigenvalue weighted by Crippen LogP contribution is 2.33. The highest BCUT2D eigenvalue weighted by atomic mass is 79.9. The van der Waals surface area contributed by atoms with Gasteiger partial charge in [0.1, 0.15) is 5.75 Å². The summed E-state index contributed by atoms with van der Waals surface area (Å²) >= 11 is 6.32. The van der Waals surface area contributed by atoms with E-state index < -0.39 is 0 Å². The fourth-order valence-electron chi connectivity index (χ4n) is 0.931. The molecule has 0 aliphatic carbocycles. The number of hydrogen-bond donors (Lipinski definition) is 1. The minimum Gasteiger partial charge on any atom is -0.506 e. The molecule has 0 amide bonds. The summed E-state index contributed by atoms with van der Waals surface area (Å²) in [5, 5.41) is 9.38. The Morgan fingerprint density at radius 2 is 1.85 bits per heavy atom. The Labute approximate surface area is 93.2 Å². The maximum Gasteiger partial charge on any atom is 0.162 e. The fourth-order valence-corrected chi connectivity index (χ4v) is 2.12. The SMILES string of the molecule is CCC(=O)c1cc(Br)c(O)c(Br)c1. The van der Waals surface area contributed by atoms with Crippen molar-refractivity contribution in [2.45, 2.75) is 13.3 Å². The predicted octanol–water partition coefficient (Wildman–Crippen LogP) is 3.51. The number of carbonyl (C=O) groups is 1. The largest absolute Gasteiger partial charge is 0.506 e. The highest BCUT2D eigenvalue weighted by molar-refractivity contribution is 9.11. The van der Waals surface area contributed by atoms with E-state index in [0.717, 1.165) is 0 Å². The number of ketones is 1. The van der Waals surface area contributed by atoms with Gasteiger partial charge in [0.05, 0.1) is 8.95 Å². The summed E-state index contributed by atoms with van der Waals surface area (Å²) in [6.07, 6.45) is 0.462. The van der Waals surface area contributed by atoms with E-state index in [2.05, 4.69) is 31.9 Å². The Morgan fingerprint density at radius 3 is 2.23 bits per heavy atom. The maximum atomic E-state index is 11.3. The van der Waals surface area contributed by atoms with Gasteiger partial charge in [-0.3, -0.25) is 4.79 Å². The normalized spacial score (nSPS) is 10.1. The zero-order valence-electron chi connectivity index (χ0n) is 6.97. The molecule has 0 saturated carbocycles. The summed E-state index contributed by atoms with van der Waals surface area (Å²) in [7, 11) is 0. The third-order valence-electron chi connectivity index (χ3n) is 1.66. The van der Waals surface area contributed by atoms with Gasteiger partial charge in [0, 0.05) is 12.0 Å². The summed E-state index contributed by atoms with van der Waals surface area (Å²) in [5.41, 5.74) is 0.596. The second-order valence-corrected chi connectivity index (χ2v) is 4.27. The Morgan fingerprint density at radius 1 is 1.38 bits per heavy atom. The molecule has 0 aliphatic rings. The van der Waals surface area contributed by atoms with Crippen LogP contribution in [-0.4, -0.2) is 10.9 Å². The van der Waals surface area contributed by atoms with Crippen molar-refractivity contribution in [1.29, 1.82) is 0 Å². The van der Waals surface area contributed by atoms with Gasteiger partial charge in [0.2, 0.25) is 0 Å². The maximum absolute atomic E-state index is 11.3. The molecule has 13 heavy (non-hydrogen) atoms. The first-order valence-electron chi connectivity index (χ1n) is 3.77. The van der Waals surface area contributed by atoms with E-state index in [9.17, 15) is 9.90 Å². The van der Waals surface area contributed by atoms with Crippen LogP contribution in [0.3, 0.4) is 0 Å². The van der Waals surface area contributed by atoms with Gasteiger partial charge >= 0.3 is 0 Å². The third-order valence-corrected chi connectivity index (χ3v) is 2.87. The van der Waals surface area contributed by atoms with Crippen LogP contribution in [0.15, 0.2) is 21.1 Å². The zero-order valence-corrected chi connectivity index (χ0v) is 10.1. The van der Waals surface area contributed by atoms with Crippen LogP contribution in [-0.2, 0) is 0 Å². The molecule has 1 aromatic rings. The van der Waals surface area contributed by atoms with Crippen LogP contribution in [0.25, 0.3) is 0 Å². The predicted molar refractivity (Wildman–Crippen MR) is 58.1 cm³/mol. The van der Waals surface area contributed by atoms with Crippen molar-refractivity contribution in [2.24, 2.45) is 0 Å². The molecule has 70 valence electrons. The molecule has 2 nitrogen and oxygen atoms in total. The van der Waals surface area contributed by atoms with Gasteiger partial charge in [0.25, 0.3) is 0 Å². The van der Waals surface area contributed by atoms with E-state index in [1.54, 1.807) is 19.1 Å². The lowest BCUT2D eigenvalue weighted by molar-refractivity contribution is 0.0988. The van der Waals surface area contributed by atoms with Crippen molar-refractivity contribution in [3.63, 3.8) is 0 Å². The molecule has 1 rings (SSSR count). The molecule has 1 aromatic carbocycles. The summed E-state index contributed by atoms with van der Waals surface area (Å²) in [6.45, 7) is 1.80. The quantitative estimate of drug-likeness (QED) is 0.849. The number of phenols is 1. The molecule has 0 heterocycles. The highest BCUT2D eigenvalue weighted by Gasteiger charge is 2.09. The Bertz CT molecular complexity index is 324. The lowest BCUT2D eigenvalue weighted by Gasteiger charge is -2.03. The van der Waals surface area contributed by atoms with Gasteiger partial charge in [-0.25, -0.2) is 0 Å². The van der Waals surface area contributed by atoms with Crippen molar-refractivity contribution in [3.8, 4) is 5.75 Å². The van der Waals surface area contributed by atoms with E-state index in [0.29, 0.717) is 20.9 Å². The summed E-state index contributed by atoms with van der Waals surface area (Å²) < 4.78 is 1.05. The number of hydrogen-bond acceptors (Lipinski definition) is 2. The van der Waals surface area contributed by atoms with E-state index >= 15 is 0 Å². The van der Waals surface area contributed by atoms with Gasteiger partial charge in [-0.1, -0.05) is 6.92 Å². The topological polar surface area (TPSA) is 37.3 Å². The molecule has 0 fully saturated rings. The average molecular weight is 308 g/mol. The van der Waals surface area contributed by atoms with Crippen LogP contribution < -0.4 is 0 Å². The average Bonchev–Trinajstić information content (AvgIpc) is 2.12. The zero-order chi connectivity index (χ0) is 10.0. The van der Waals surface area contributed by atoms with Crippen molar-refractivity contribution in [1.82, 2.24) is 0 Å². The number of benzene rings is 1. The Balaban J connectivity index is 3.20. The van der Waals surface area contributed by atoms with Crippen molar-refractivity contribution in [3.05, 3.63) is 26.6 Å². The minimum atomic E-state index is 0.0569. The van der Waals surface area contributed by atoms with E-state index in [4.69, 9.17) is 0 Å². The molecule has 4 heteroatoms. The molecule has 0 atom stereocenters. The number of carbonyl (C=O) groups excluding carboxylic acids is 1. The van der Waals surface area contributed by atoms with E-state index in [-0.39, 0.29) is 11.5 Å². The van der Waals surface area contributed by atoms with Gasteiger partial charge in [-0.05, 0) is 44.0 Å². The first kappa shape index (κ1) is 10.7. The monoisotopic (exact) mass is 306 g/mol. The number of rotatable bonds is 2. The summed E-state index contributed by atoms with van der Waals surface area (Å²) in [5.74, 6) is 0.175. The number of aromatic hydroxyl groups is 1. The second kappa shape index (κ2) is 4.24. The Hall–Kier alpha value is -0.350. The second-order valence-electron chi connectivity index (χ2n) is 2.57. The van der Waals surface area contributed by atoms with Crippen LogP contribution in [0, 0.1) is 0 Å². The number of halogens is 2. The molecule has 0 radical (unpaired) electrons. The van der Waals surface area contributed by atoms with Gasteiger partial charge in [-0.15, -0.1) is 0 Å². The lowest BCUT2D eigenvalue weighted by Crippen LogP contribution is -1.96. The molecule has 0 aliphatic heterocycles. The van der Waals surface area contributed by atoms with Crippen LogP contribution in [0.1, 0.15) is 23.7 Å². The molecule has 0 unspecified atom stereocenters. The standard InChI is InChI=1S/C9H8Br2O2/c1-2-8(12)5-3-6(10)9(13)7(11)4-5/h3-4,13H,2H2,1H3. The molecule has 0 aromatic heterocycles. The molecule has 0 saturated heterocycles. The minimum absolute atomic E-state index is 0.0569. The number of phenolic OH excluding ortho intramolecular Hbond substituents is 1. The van der Waals surface area contributed by atoms with Crippen molar-refractivity contribution < 1.29 is 9.90 Å². The number of Topliss-reactive ketones (excluding diaryl/α,β-unsaturated/α-hetero) is 1. The van der Waals surface area contributed by atoms with Crippen molar-refractivity contribution in [2.75, 3.05) is 0 Å². The van der Waals surface area contributed by atoms with Crippen LogP contribution in [0.2, 0.25) is 0 Å². The van der Waals surface area contributed by atoms with Crippen molar-refractivity contribution >= 4 is 37.6 Å². The lowest BCUT2D eigenvalue weighted by atomic mass is 10.1. The molecule has 1 N–H and O–H groups in total. The first-order chi connectivity index (χ1) is 6.06. The van der Waals surface area contributed by atoms with Crippen LogP contribution in [0.5, 0.6) is 5.75 Å². The summed E-state index contributed by atoms with van der Waals surface area (Å²) in [4.78, 5) is 11.3. The molecular weight excluding hydrogens is 300 g/mol. The summed E-state index contributed by atoms with van der Waals surface area (Å²) in [6, 6.07) is 3.23.